The van der Waals surface area contributed by atoms with Crippen molar-refractivity contribution in [3.05, 3.63) is 72.1 Å². The van der Waals surface area contributed by atoms with E-state index < -0.39 is 6.10 Å². The van der Waals surface area contributed by atoms with Crippen LogP contribution in [-0.2, 0) is 13.0 Å². The summed E-state index contributed by atoms with van der Waals surface area (Å²) in [5, 5.41) is 24.2. The van der Waals surface area contributed by atoms with E-state index in [1.807, 2.05) is 54.6 Å². The topological polar surface area (TPSA) is 96.7 Å². The van der Waals surface area contributed by atoms with Crippen molar-refractivity contribution in [2.24, 2.45) is 11.8 Å². The molecule has 1 aliphatic carbocycles. The Morgan fingerprint density at radius 3 is 2.69 bits per heavy atom. The van der Waals surface area contributed by atoms with Gasteiger partial charge in [-0.3, -0.25) is 0 Å². The fourth-order valence-corrected chi connectivity index (χ4v) is 4.76. The summed E-state index contributed by atoms with van der Waals surface area (Å²) in [4.78, 5) is 9.17. The van der Waals surface area contributed by atoms with Crippen LogP contribution in [0.4, 0.5) is 0 Å². The molecule has 0 saturated heterocycles. The standard InChI is InChI=1S/C25H27N3O4/c29-14-20-19(11-18-8-9-26-25(28-18)17-4-2-1-3-5-17)21(12-22(20)30)27-13-16-6-7-23-24(10-16)32-15-31-23/h1-10,19-22,27,29-30H,11-15H2. The zero-order valence-electron chi connectivity index (χ0n) is 17.7. The fourth-order valence-electron chi connectivity index (χ4n) is 4.76. The SMILES string of the molecule is OCC1C(O)CC(NCc2ccc3c(c2)OCO3)C1Cc1ccnc(-c2ccccc2)n1. The average Bonchev–Trinajstić information content (AvgIpc) is 3.41. The number of aliphatic hydroxyl groups excluding tert-OH is 2. The highest BCUT2D eigenvalue weighted by Gasteiger charge is 2.42. The fraction of sp³-hybridized carbons (Fsp3) is 0.360. The first kappa shape index (κ1) is 20.9. The number of hydrogen-bond donors (Lipinski definition) is 3. The van der Waals surface area contributed by atoms with Crippen molar-refractivity contribution in [3.63, 3.8) is 0 Å². The van der Waals surface area contributed by atoms with E-state index >= 15 is 0 Å². The number of nitrogens with one attached hydrogen (secondary N) is 1. The second-order valence-corrected chi connectivity index (χ2v) is 8.43. The molecule has 3 N–H and O–H groups in total. The summed E-state index contributed by atoms with van der Waals surface area (Å²) in [6.45, 7) is 0.845. The molecule has 32 heavy (non-hydrogen) atoms. The Morgan fingerprint density at radius 2 is 1.84 bits per heavy atom. The Balaban J connectivity index is 1.31. The Labute approximate surface area is 187 Å². The summed E-state index contributed by atoms with van der Waals surface area (Å²) < 4.78 is 10.9. The number of hydrogen-bond acceptors (Lipinski definition) is 7. The van der Waals surface area contributed by atoms with Crippen molar-refractivity contribution < 1.29 is 19.7 Å². The van der Waals surface area contributed by atoms with Crippen molar-refractivity contribution in [1.29, 1.82) is 0 Å². The van der Waals surface area contributed by atoms with E-state index in [1.54, 1.807) is 6.20 Å². The van der Waals surface area contributed by atoms with Gasteiger partial charge in [-0.2, -0.15) is 0 Å². The van der Waals surface area contributed by atoms with Crippen LogP contribution < -0.4 is 14.8 Å². The molecule has 0 amide bonds. The number of aromatic nitrogens is 2. The molecule has 1 fully saturated rings. The zero-order valence-corrected chi connectivity index (χ0v) is 17.7. The van der Waals surface area contributed by atoms with Crippen LogP contribution in [0, 0.1) is 11.8 Å². The van der Waals surface area contributed by atoms with E-state index in [2.05, 4.69) is 10.3 Å². The third kappa shape index (κ3) is 4.32. The number of rotatable bonds is 7. The Kier molecular flexibility index (Phi) is 6.03. The highest BCUT2D eigenvalue weighted by molar-refractivity contribution is 5.54. The second kappa shape index (κ2) is 9.24. The minimum atomic E-state index is -0.547. The molecule has 3 aromatic rings. The first-order valence-corrected chi connectivity index (χ1v) is 11.0. The molecule has 1 saturated carbocycles. The lowest BCUT2D eigenvalue weighted by Gasteiger charge is -2.25. The Morgan fingerprint density at radius 1 is 1.00 bits per heavy atom. The molecule has 166 valence electrons. The maximum atomic E-state index is 10.6. The molecular weight excluding hydrogens is 406 g/mol. The quantitative estimate of drug-likeness (QED) is 0.527. The summed E-state index contributed by atoms with van der Waals surface area (Å²) in [5.41, 5.74) is 2.96. The molecule has 4 unspecified atom stereocenters. The number of benzene rings is 2. The second-order valence-electron chi connectivity index (χ2n) is 8.43. The van der Waals surface area contributed by atoms with Crippen molar-refractivity contribution in [3.8, 4) is 22.9 Å². The van der Waals surface area contributed by atoms with Gasteiger partial charge in [0.2, 0.25) is 6.79 Å². The lowest BCUT2D eigenvalue weighted by molar-refractivity contribution is 0.0716. The Bertz CT molecular complexity index is 1060. The van der Waals surface area contributed by atoms with Gasteiger partial charge in [-0.15, -0.1) is 0 Å². The molecule has 7 heteroatoms. The van der Waals surface area contributed by atoms with Crippen LogP contribution in [0.2, 0.25) is 0 Å². The minimum Gasteiger partial charge on any atom is -0.454 e. The van der Waals surface area contributed by atoms with Crippen molar-refractivity contribution >= 4 is 0 Å². The third-order valence-corrected chi connectivity index (χ3v) is 6.46. The van der Waals surface area contributed by atoms with Crippen LogP contribution in [0.25, 0.3) is 11.4 Å². The summed E-state index contributed by atoms with van der Waals surface area (Å²) in [6.07, 6.45) is 2.48. The highest BCUT2D eigenvalue weighted by atomic mass is 16.7. The van der Waals surface area contributed by atoms with E-state index in [9.17, 15) is 10.2 Å². The van der Waals surface area contributed by atoms with Gasteiger partial charge in [0.25, 0.3) is 0 Å². The molecule has 2 heterocycles. The summed E-state index contributed by atoms with van der Waals surface area (Å²) >= 11 is 0. The number of aliphatic hydroxyl groups is 2. The van der Waals surface area contributed by atoms with Gasteiger partial charge >= 0.3 is 0 Å². The highest BCUT2D eigenvalue weighted by Crippen LogP contribution is 2.36. The lowest BCUT2D eigenvalue weighted by Crippen LogP contribution is -2.36. The van der Waals surface area contributed by atoms with Crippen molar-refractivity contribution in [2.75, 3.05) is 13.4 Å². The molecule has 0 spiro atoms. The molecule has 2 aliphatic rings. The van der Waals surface area contributed by atoms with Gasteiger partial charge in [-0.25, -0.2) is 9.97 Å². The summed E-state index contributed by atoms with van der Waals surface area (Å²) in [6, 6.07) is 17.8. The van der Waals surface area contributed by atoms with Crippen LogP contribution in [0.1, 0.15) is 17.7 Å². The van der Waals surface area contributed by atoms with E-state index in [4.69, 9.17) is 14.5 Å². The summed E-state index contributed by atoms with van der Waals surface area (Å²) in [7, 11) is 0. The molecule has 1 aliphatic heterocycles. The molecule has 2 aromatic carbocycles. The largest absolute Gasteiger partial charge is 0.454 e. The van der Waals surface area contributed by atoms with E-state index in [1.165, 1.54) is 0 Å². The monoisotopic (exact) mass is 433 g/mol. The number of nitrogens with zero attached hydrogens (tertiary/aromatic N) is 2. The van der Waals surface area contributed by atoms with E-state index in [-0.39, 0.29) is 31.3 Å². The first-order valence-electron chi connectivity index (χ1n) is 11.0. The molecular formula is C25H27N3O4. The van der Waals surface area contributed by atoms with Gasteiger partial charge in [0, 0.05) is 42.6 Å². The van der Waals surface area contributed by atoms with Crippen LogP contribution in [-0.4, -0.2) is 45.7 Å². The van der Waals surface area contributed by atoms with Crippen LogP contribution in [0.5, 0.6) is 11.5 Å². The van der Waals surface area contributed by atoms with Gasteiger partial charge in [-0.05, 0) is 42.5 Å². The minimum absolute atomic E-state index is 0.0509. The van der Waals surface area contributed by atoms with Gasteiger partial charge in [0.15, 0.2) is 17.3 Å². The van der Waals surface area contributed by atoms with Crippen molar-refractivity contribution in [1.82, 2.24) is 15.3 Å². The maximum absolute atomic E-state index is 10.6. The van der Waals surface area contributed by atoms with Crippen LogP contribution in [0.3, 0.4) is 0 Å². The predicted octanol–water partition coefficient (Wildman–Crippen LogP) is 2.56. The number of fused-ring (bicyclic) bond motifs is 1. The number of ether oxygens (including phenoxy) is 2. The summed E-state index contributed by atoms with van der Waals surface area (Å²) in [5.74, 6) is 2.07. The molecule has 5 rings (SSSR count). The van der Waals surface area contributed by atoms with Crippen molar-refractivity contribution in [2.45, 2.75) is 31.5 Å². The molecule has 7 nitrogen and oxygen atoms in total. The van der Waals surface area contributed by atoms with Crippen LogP contribution in [0.15, 0.2) is 60.8 Å². The molecule has 0 radical (unpaired) electrons. The molecule has 0 bridgehead atoms. The lowest BCUT2D eigenvalue weighted by atomic mass is 9.88. The normalized spacial score (nSPS) is 24.1. The van der Waals surface area contributed by atoms with Crippen LogP contribution >= 0.6 is 0 Å². The first-order chi connectivity index (χ1) is 15.7. The van der Waals surface area contributed by atoms with Gasteiger partial charge in [-0.1, -0.05) is 36.4 Å². The smallest absolute Gasteiger partial charge is 0.231 e. The average molecular weight is 434 g/mol. The Hall–Kier alpha value is -3.00. The molecule has 1 aromatic heterocycles. The predicted molar refractivity (Wildman–Crippen MR) is 119 cm³/mol. The zero-order chi connectivity index (χ0) is 21.9. The maximum Gasteiger partial charge on any atom is 0.231 e. The van der Waals surface area contributed by atoms with Gasteiger partial charge in [0.1, 0.15) is 0 Å². The van der Waals surface area contributed by atoms with Gasteiger partial charge < -0.3 is 25.0 Å². The van der Waals surface area contributed by atoms with E-state index in [0.29, 0.717) is 25.2 Å². The third-order valence-electron chi connectivity index (χ3n) is 6.46. The van der Waals surface area contributed by atoms with Gasteiger partial charge in [0.05, 0.1) is 6.10 Å². The molecule has 4 atom stereocenters. The van der Waals surface area contributed by atoms with E-state index in [0.717, 1.165) is 28.3 Å².